The van der Waals surface area contributed by atoms with Crippen molar-refractivity contribution in [2.75, 3.05) is 25.0 Å². The quantitative estimate of drug-likeness (QED) is 0.846. The summed E-state index contributed by atoms with van der Waals surface area (Å²) < 4.78 is 0. The number of benzene rings is 1. The number of likely N-dealkylation sites (tertiary alicyclic amines) is 1. The molecule has 18 heavy (non-hydrogen) atoms. The molecule has 1 aliphatic rings. The molecule has 1 fully saturated rings. The molecule has 0 spiro atoms. The Hall–Kier alpha value is -1.39. The first kappa shape index (κ1) is 13.1. The summed E-state index contributed by atoms with van der Waals surface area (Å²) in [5.41, 5.74) is 8.96. The summed E-state index contributed by atoms with van der Waals surface area (Å²) in [5, 5.41) is 3.00. The topological polar surface area (TPSA) is 58.4 Å². The Morgan fingerprint density at radius 3 is 2.67 bits per heavy atom. The van der Waals surface area contributed by atoms with Crippen LogP contribution < -0.4 is 11.1 Å². The molecule has 1 saturated heterocycles. The van der Waals surface area contributed by atoms with E-state index in [9.17, 15) is 4.79 Å². The summed E-state index contributed by atoms with van der Waals surface area (Å²) in [6.07, 6.45) is 0.983. The molecule has 1 aliphatic heterocycles. The number of anilines is 1. The van der Waals surface area contributed by atoms with Crippen LogP contribution in [0.5, 0.6) is 0 Å². The minimum atomic E-state index is 0.0431. The van der Waals surface area contributed by atoms with Crippen molar-refractivity contribution < 1.29 is 4.79 Å². The number of nitrogens with one attached hydrogen (secondary N) is 1. The van der Waals surface area contributed by atoms with Crippen molar-refractivity contribution in [1.29, 1.82) is 0 Å². The molecule has 4 nitrogen and oxygen atoms in total. The minimum absolute atomic E-state index is 0.0431. The van der Waals surface area contributed by atoms with Crippen molar-refractivity contribution in [2.45, 2.75) is 26.3 Å². The Morgan fingerprint density at radius 2 is 2.11 bits per heavy atom. The van der Waals surface area contributed by atoms with Gasteiger partial charge in [0.2, 0.25) is 5.91 Å². The van der Waals surface area contributed by atoms with Crippen molar-refractivity contribution in [3.8, 4) is 0 Å². The number of nitrogens with zero attached hydrogens (tertiary/aromatic N) is 1. The van der Waals surface area contributed by atoms with Crippen LogP contribution in [0.15, 0.2) is 18.2 Å². The van der Waals surface area contributed by atoms with Gasteiger partial charge in [0.05, 0.1) is 6.54 Å². The number of hydrogen-bond acceptors (Lipinski definition) is 3. The van der Waals surface area contributed by atoms with E-state index >= 15 is 0 Å². The smallest absolute Gasteiger partial charge is 0.238 e. The van der Waals surface area contributed by atoms with E-state index in [2.05, 4.69) is 10.2 Å². The first-order valence-electron chi connectivity index (χ1n) is 6.40. The summed E-state index contributed by atoms with van der Waals surface area (Å²) >= 11 is 0. The molecule has 1 heterocycles. The van der Waals surface area contributed by atoms with Gasteiger partial charge in [-0.2, -0.15) is 0 Å². The van der Waals surface area contributed by atoms with Crippen LogP contribution in [0.4, 0.5) is 5.69 Å². The lowest BCUT2D eigenvalue weighted by Crippen LogP contribution is -2.33. The average molecular weight is 247 g/mol. The molecule has 98 valence electrons. The zero-order valence-corrected chi connectivity index (χ0v) is 11.1. The molecule has 1 aromatic rings. The summed E-state index contributed by atoms with van der Waals surface area (Å²) in [5.74, 6) is 0.0431. The highest BCUT2D eigenvalue weighted by Gasteiger charge is 2.21. The molecule has 0 saturated carbocycles. The highest BCUT2D eigenvalue weighted by atomic mass is 16.2. The van der Waals surface area contributed by atoms with E-state index in [4.69, 9.17) is 5.73 Å². The summed E-state index contributed by atoms with van der Waals surface area (Å²) in [7, 11) is 0. The maximum absolute atomic E-state index is 12.0. The monoisotopic (exact) mass is 247 g/mol. The minimum Gasteiger partial charge on any atom is -0.326 e. The number of carbonyl (C=O) groups excluding carboxylic acids is 1. The first-order chi connectivity index (χ1) is 8.56. The fraction of sp³-hybridized carbons (Fsp3) is 0.500. The number of rotatable bonds is 3. The second-order valence-corrected chi connectivity index (χ2v) is 5.10. The number of nitrogens with two attached hydrogens (primary N) is 1. The number of carbonyl (C=O) groups is 1. The predicted octanol–water partition coefficient (Wildman–Crippen LogP) is 1.27. The number of para-hydroxylation sites is 1. The van der Waals surface area contributed by atoms with Crippen LogP contribution in [0.3, 0.4) is 0 Å². The molecule has 0 aromatic heterocycles. The molecule has 1 amide bonds. The van der Waals surface area contributed by atoms with Crippen molar-refractivity contribution in [2.24, 2.45) is 5.73 Å². The average Bonchev–Trinajstić information content (AvgIpc) is 2.69. The molecule has 0 radical (unpaired) electrons. The predicted molar refractivity (Wildman–Crippen MR) is 73.6 cm³/mol. The third-order valence-corrected chi connectivity index (χ3v) is 3.42. The van der Waals surface area contributed by atoms with Gasteiger partial charge in [0, 0.05) is 24.8 Å². The van der Waals surface area contributed by atoms with Gasteiger partial charge in [-0.1, -0.05) is 18.2 Å². The second-order valence-electron chi connectivity index (χ2n) is 5.10. The van der Waals surface area contributed by atoms with E-state index in [1.165, 1.54) is 0 Å². The fourth-order valence-corrected chi connectivity index (χ4v) is 2.40. The lowest BCUT2D eigenvalue weighted by molar-refractivity contribution is -0.117. The number of aryl methyl sites for hydroxylation is 2. The number of hydrogen-bond donors (Lipinski definition) is 2. The molecular formula is C14H21N3O. The summed E-state index contributed by atoms with van der Waals surface area (Å²) in [6.45, 7) is 6.19. The lowest BCUT2D eigenvalue weighted by atomic mass is 10.1. The summed E-state index contributed by atoms with van der Waals surface area (Å²) in [4.78, 5) is 14.1. The van der Waals surface area contributed by atoms with Crippen molar-refractivity contribution in [3.63, 3.8) is 0 Å². The standard InChI is InChI=1S/C14H21N3O/c1-10-4-3-5-11(2)14(10)16-13(18)9-17-7-6-12(15)8-17/h3-5,12H,6-9,15H2,1-2H3,(H,16,18). The fourth-order valence-electron chi connectivity index (χ4n) is 2.40. The van der Waals surface area contributed by atoms with Gasteiger partial charge < -0.3 is 11.1 Å². The van der Waals surface area contributed by atoms with E-state index in [0.717, 1.165) is 36.3 Å². The Morgan fingerprint density at radius 1 is 1.44 bits per heavy atom. The molecule has 4 heteroatoms. The van der Waals surface area contributed by atoms with Crippen LogP contribution in [0.2, 0.25) is 0 Å². The first-order valence-corrected chi connectivity index (χ1v) is 6.40. The molecule has 2 rings (SSSR count). The van der Waals surface area contributed by atoms with Gasteiger partial charge in [-0.05, 0) is 31.4 Å². The highest BCUT2D eigenvalue weighted by molar-refractivity contribution is 5.93. The van der Waals surface area contributed by atoms with Crippen LogP contribution in [-0.2, 0) is 4.79 Å². The van der Waals surface area contributed by atoms with E-state index < -0.39 is 0 Å². The van der Waals surface area contributed by atoms with Crippen LogP contribution in [0.1, 0.15) is 17.5 Å². The zero-order valence-electron chi connectivity index (χ0n) is 11.1. The lowest BCUT2D eigenvalue weighted by Gasteiger charge is -2.16. The SMILES string of the molecule is Cc1cccc(C)c1NC(=O)CN1CCC(N)C1. The maximum Gasteiger partial charge on any atom is 0.238 e. The zero-order chi connectivity index (χ0) is 13.1. The van der Waals surface area contributed by atoms with E-state index in [1.54, 1.807) is 0 Å². The van der Waals surface area contributed by atoms with Crippen molar-refractivity contribution in [1.82, 2.24) is 4.90 Å². The molecule has 0 aliphatic carbocycles. The Balaban J connectivity index is 1.95. The van der Waals surface area contributed by atoms with Gasteiger partial charge in [0.15, 0.2) is 0 Å². The van der Waals surface area contributed by atoms with E-state index in [-0.39, 0.29) is 11.9 Å². The van der Waals surface area contributed by atoms with Gasteiger partial charge in [-0.3, -0.25) is 9.69 Å². The van der Waals surface area contributed by atoms with Crippen LogP contribution in [0.25, 0.3) is 0 Å². The molecule has 0 bridgehead atoms. The van der Waals surface area contributed by atoms with Gasteiger partial charge in [0.25, 0.3) is 0 Å². The third kappa shape index (κ3) is 3.09. The third-order valence-electron chi connectivity index (χ3n) is 3.42. The van der Waals surface area contributed by atoms with Crippen LogP contribution in [0, 0.1) is 13.8 Å². The molecule has 1 aromatic carbocycles. The molecule has 1 atom stereocenters. The van der Waals surface area contributed by atoms with Gasteiger partial charge in [0.1, 0.15) is 0 Å². The van der Waals surface area contributed by atoms with Gasteiger partial charge >= 0.3 is 0 Å². The summed E-state index contributed by atoms with van der Waals surface area (Å²) in [6, 6.07) is 6.24. The number of amides is 1. The van der Waals surface area contributed by atoms with Crippen LogP contribution in [-0.4, -0.2) is 36.5 Å². The largest absolute Gasteiger partial charge is 0.326 e. The van der Waals surface area contributed by atoms with Crippen LogP contribution >= 0.6 is 0 Å². The molecule has 1 unspecified atom stereocenters. The van der Waals surface area contributed by atoms with Gasteiger partial charge in [-0.15, -0.1) is 0 Å². The van der Waals surface area contributed by atoms with E-state index in [1.807, 2.05) is 32.0 Å². The Bertz CT molecular complexity index is 424. The van der Waals surface area contributed by atoms with Crippen molar-refractivity contribution in [3.05, 3.63) is 29.3 Å². The highest BCUT2D eigenvalue weighted by Crippen LogP contribution is 2.19. The molecular weight excluding hydrogens is 226 g/mol. The normalized spacial score (nSPS) is 20.1. The van der Waals surface area contributed by atoms with E-state index in [0.29, 0.717) is 6.54 Å². The maximum atomic E-state index is 12.0. The van der Waals surface area contributed by atoms with Gasteiger partial charge in [-0.25, -0.2) is 0 Å². The Kier molecular flexibility index (Phi) is 3.99. The molecule has 3 N–H and O–H groups in total. The van der Waals surface area contributed by atoms with Crippen molar-refractivity contribution >= 4 is 11.6 Å². The Labute approximate surface area is 108 Å². The second kappa shape index (κ2) is 5.50.